The third kappa shape index (κ3) is 3.72. The Hall–Kier alpha value is -2.81. The van der Waals surface area contributed by atoms with E-state index in [9.17, 15) is 10.1 Å². The molecule has 0 aliphatic rings. The van der Waals surface area contributed by atoms with Crippen LogP contribution in [0.15, 0.2) is 40.5 Å². The number of aromatic nitrogens is 5. The maximum absolute atomic E-state index is 10.8. The molecule has 0 amide bonds. The molecule has 3 aromatic rings. The number of nitro groups is 1. The molecule has 0 unspecified atom stereocenters. The summed E-state index contributed by atoms with van der Waals surface area (Å²) in [6.07, 6.45) is 0.759. The second-order valence-electron chi connectivity index (χ2n) is 5.55. The monoisotopic (exact) mass is 370 g/mol. The second kappa shape index (κ2) is 7.61. The van der Waals surface area contributed by atoms with Crippen LogP contribution in [0, 0.1) is 17.0 Å². The minimum atomic E-state index is -0.422. The highest BCUT2D eigenvalue weighted by Crippen LogP contribution is 2.28. The molecule has 0 bridgehead atoms. The van der Waals surface area contributed by atoms with E-state index >= 15 is 0 Å². The molecule has 0 saturated carbocycles. The smallest absolute Gasteiger partial charge is 0.269 e. The van der Waals surface area contributed by atoms with Crippen molar-refractivity contribution in [2.75, 3.05) is 0 Å². The number of rotatable bonds is 6. The van der Waals surface area contributed by atoms with Crippen LogP contribution < -0.4 is 0 Å². The predicted molar refractivity (Wildman–Crippen MR) is 98.1 cm³/mol. The third-order valence-corrected chi connectivity index (χ3v) is 4.77. The number of nitro benzene ring substituents is 1. The molecule has 0 radical (unpaired) electrons. The van der Waals surface area contributed by atoms with E-state index in [0.29, 0.717) is 5.82 Å². The average molecular weight is 370 g/mol. The molecule has 26 heavy (non-hydrogen) atoms. The van der Waals surface area contributed by atoms with Gasteiger partial charge in [-0.1, -0.05) is 6.92 Å². The van der Waals surface area contributed by atoms with Crippen molar-refractivity contribution in [2.24, 2.45) is 0 Å². The lowest BCUT2D eigenvalue weighted by molar-refractivity contribution is -0.384. The number of aryl methyl sites for hydroxylation is 2. The van der Waals surface area contributed by atoms with Crippen molar-refractivity contribution in [1.82, 2.24) is 24.7 Å². The minimum Gasteiger partial charge on any atom is -0.306 e. The van der Waals surface area contributed by atoms with Crippen LogP contribution in [0.2, 0.25) is 0 Å². The van der Waals surface area contributed by atoms with Crippen molar-refractivity contribution in [3.63, 3.8) is 0 Å². The second-order valence-corrected chi connectivity index (χ2v) is 6.54. The molecule has 0 atom stereocenters. The summed E-state index contributed by atoms with van der Waals surface area (Å²) < 4.78 is 2.02. The summed E-state index contributed by atoms with van der Waals surface area (Å²) in [5, 5.41) is 20.7. The molecule has 0 fully saturated rings. The van der Waals surface area contributed by atoms with Gasteiger partial charge in [-0.15, -0.1) is 10.2 Å². The van der Waals surface area contributed by atoms with Gasteiger partial charge in [-0.05, 0) is 50.2 Å². The Labute approximate surface area is 154 Å². The molecule has 0 N–H and O–H groups in total. The van der Waals surface area contributed by atoms with Gasteiger partial charge in [0.05, 0.1) is 4.92 Å². The molecular weight excluding hydrogens is 352 g/mol. The zero-order valence-electron chi connectivity index (χ0n) is 14.7. The van der Waals surface area contributed by atoms with Crippen molar-refractivity contribution in [3.05, 3.63) is 52.0 Å². The fourth-order valence-electron chi connectivity index (χ4n) is 2.46. The van der Waals surface area contributed by atoms with Gasteiger partial charge in [-0.3, -0.25) is 10.1 Å². The van der Waals surface area contributed by atoms with Gasteiger partial charge in [0.25, 0.3) is 5.69 Å². The topological polar surface area (TPSA) is 99.6 Å². The van der Waals surface area contributed by atoms with E-state index < -0.39 is 4.92 Å². The van der Waals surface area contributed by atoms with Crippen LogP contribution in [0.4, 0.5) is 5.69 Å². The molecule has 134 valence electrons. The van der Waals surface area contributed by atoms with Crippen molar-refractivity contribution < 1.29 is 4.92 Å². The van der Waals surface area contributed by atoms with Gasteiger partial charge in [-0.25, -0.2) is 9.97 Å². The normalized spacial score (nSPS) is 10.9. The minimum absolute atomic E-state index is 0.0431. The molecular formula is C17H18N6O2S. The third-order valence-electron chi connectivity index (χ3n) is 3.87. The number of benzene rings is 1. The molecule has 3 rings (SSSR count). The molecule has 9 heteroatoms. The van der Waals surface area contributed by atoms with E-state index in [0.717, 1.165) is 40.2 Å². The summed E-state index contributed by atoms with van der Waals surface area (Å²) in [4.78, 5) is 19.6. The lowest BCUT2D eigenvalue weighted by Gasteiger charge is -2.08. The van der Waals surface area contributed by atoms with Crippen LogP contribution in [0.5, 0.6) is 0 Å². The zero-order valence-corrected chi connectivity index (χ0v) is 15.5. The largest absolute Gasteiger partial charge is 0.306 e. The first kappa shape index (κ1) is 18.0. The van der Waals surface area contributed by atoms with Crippen LogP contribution in [0.1, 0.15) is 25.4 Å². The molecule has 0 saturated heterocycles. The lowest BCUT2D eigenvalue weighted by Crippen LogP contribution is -2.01. The molecule has 0 spiro atoms. The Morgan fingerprint density at radius 3 is 2.50 bits per heavy atom. The van der Waals surface area contributed by atoms with E-state index in [1.165, 1.54) is 23.9 Å². The SMILES string of the molecule is CCc1cc(Sc2nnc(C)n2CC)nc(-c2ccc([N+](=O)[O-])cc2)n1. The van der Waals surface area contributed by atoms with Crippen LogP contribution in [0.3, 0.4) is 0 Å². The Morgan fingerprint density at radius 1 is 1.15 bits per heavy atom. The first-order valence-corrected chi connectivity index (χ1v) is 9.04. The summed E-state index contributed by atoms with van der Waals surface area (Å²) in [5.41, 5.74) is 1.68. The van der Waals surface area contributed by atoms with E-state index in [4.69, 9.17) is 0 Å². The Balaban J connectivity index is 1.97. The average Bonchev–Trinajstić information content (AvgIpc) is 3.00. The standard InChI is InChI=1S/C17H18N6O2S/c1-4-13-10-15(26-17-21-20-11(3)22(17)5-2)19-16(18-13)12-6-8-14(9-7-12)23(24)25/h6-10H,4-5H2,1-3H3. The first-order valence-electron chi connectivity index (χ1n) is 8.22. The van der Waals surface area contributed by atoms with Crippen molar-refractivity contribution in [3.8, 4) is 11.4 Å². The summed E-state index contributed by atoms with van der Waals surface area (Å²) in [5.74, 6) is 1.40. The van der Waals surface area contributed by atoms with Crippen LogP contribution in [0.25, 0.3) is 11.4 Å². The highest BCUT2D eigenvalue weighted by molar-refractivity contribution is 7.99. The highest BCUT2D eigenvalue weighted by Gasteiger charge is 2.13. The number of non-ortho nitro benzene ring substituents is 1. The molecule has 0 aliphatic carbocycles. The van der Waals surface area contributed by atoms with E-state index in [-0.39, 0.29) is 5.69 Å². The molecule has 8 nitrogen and oxygen atoms in total. The molecule has 0 aliphatic heterocycles. The highest BCUT2D eigenvalue weighted by atomic mass is 32.2. The fraction of sp³-hybridized carbons (Fsp3) is 0.294. The predicted octanol–water partition coefficient (Wildman–Crippen LogP) is 3.69. The molecule has 1 aromatic carbocycles. The Kier molecular flexibility index (Phi) is 5.27. The first-order chi connectivity index (χ1) is 12.5. The number of nitrogens with zero attached hydrogens (tertiary/aromatic N) is 6. The summed E-state index contributed by atoms with van der Waals surface area (Å²) >= 11 is 1.44. The van der Waals surface area contributed by atoms with E-state index in [2.05, 4.69) is 20.2 Å². The number of hydrogen-bond donors (Lipinski definition) is 0. The van der Waals surface area contributed by atoms with Gasteiger partial charge >= 0.3 is 0 Å². The zero-order chi connectivity index (χ0) is 18.7. The van der Waals surface area contributed by atoms with Crippen LogP contribution in [-0.2, 0) is 13.0 Å². The summed E-state index contributed by atoms with van der Waals surface area (Å²) in [6.45, 7) is 6.76. The Morgan fingerprint density at radius 2 is 1.88 bits per heavy atom. The van der Waals surface area contributed by atoms with Crippen LogP contribution in [-0.4, -0.2) is 29.7 Å². The summed E-state index contributed by atoms with van der Waals surface area (Å²) in [7, 11) is 0. The van der Waals surface area contributed by atoms with Gasteiger partial charge in [0.15, 0.2) is 11.0 Å². The van der Waals surface area contributed by atoms with Gasteiger partial charge in [0.1, 0.15) is 10.9 Å². The molecule has 2 heterocycles. The summed E-state index contributed by atoms with van der Waals surface area (Å²) in [6, 6.07) is 8.19. The fourth-order valence-corrected chi connectivity index (χ4v) is 3.43. The van der Waals surface area contributed by atoms with Gasteiger partial charge in [-0.2, -0.15) is 0 Å². The quantitative estimate of drug-likeness (QED) is 0.370. The maximum atomic E-state index is 10.8. The van der Waals surface area contributed by atoms with Gasteiger partial charge in [0, 0.05) is 29.9 Å². The van der Waals surface area contributed by atoms with E-state index in [1.54, 1.807) is 12.1 Å². The number of hydrogen-bond acceptors (Lipinski definition) is 7. The molecule has 2 aromatic heterocycles. The van der Waals surface area contributed by atoms with Crippen molar-refractivity contribution >= 4 is 17.4 Å². The Bertz CT molecular complexity index is 939. The lowest BCUT2D eigenvalue weighted by atomic mass is 10.2. The van der Waals surface area contributed by atoms with E-state index in [1.807, 2.05) is 31.4 Å². The van der Waals surface area contributed by atoms with Crippen molar-refractivity contribution in [2.45, 2.75) is 43.9 Å². The van der Waals surface area contributed by atoms with Gasteiger partial charge in [0.2, 0.25) is 0 Å². The van der Waals surface area contributed by atoms with Crippen molar-refractivity contribution in [1.29, 1.82) is 0 Å². The van der Waals surface area contributed by atoms with Gasteiger partial charge < -0.3 is 4.57 Å². The maximum Gasteiger partial charge on any atom is 0.269 e. The van der Waals surface area contributed by atoms with Crippen LogP contribution >= 0.6 is 11.8 Å².